The summed E-state index contributed by atoms with van der Waals surface area (Å²) in [5.41, 5.74) is 7.31. The van der Waals surface area contributed by atoms with Gasteiger partial charge >= 0.3 is 0 Å². The highest BCUT2D eigenvalue weighted by Crippen LogP contribution is 2.24. The van der Waals surface area contributed by atoms with Crippen LogP contribution in [-0.2, 0) is 11.2 Å². The van der Waals surface area contributed by atoms with Gasteiger partial charge in [-0.15, -0.1) is 0 Å². The van der Waals surface area contributed by atoms with Gasteiger partial charge in [0.05, 0.1) is 6.26 Å². The van der Waals surface area contributed by atoms with E-state index < -0.39 is 0 Å². The second-order valence-corrected chi connectivity index (χ2v) is 4.69. The van der Waals surface area contributed by atoms with Gasteiger partial charge in [-0.25, -0.2) is 0 Å². The van der Waals surface area contributed by atoms with Gasteiger partial charge in [0, 0.05) is 18.8 Å². The van der Waals surface area contributed by atoms with E-state index in [-0.39, 0.29) is 5.54 Å². The Morgan fingerprint density at radius 1 is 1.43 bits per heavy atom. The molecule has 0 unspecified atom stereocenters. The van der Waals surface area contributed by atoms with E-state index in [4.69, 9.17) is 14.9 Å². The van der Waals surface area contributed by atoms with Gasteiger partial charge in [0.25, 0.3) is 0 Å². The first-order chi connectivity index (χ1) is 6.68. The molecule has 1 fully saturated rings. The molecule has 3 nitrogen and oxygen atoms in total. The Labute approximate surface area is 91.7 Å². The van der Waals surface area contributed by atoms with Crippen LogP contribution in [0.15, 0.2) is 21.4 Å². The third-order valence-electron chi connectivity index (χ3n) is 2.67. The monoisotopic (exact) mass is 259 g/mol. The number of furan rings is 1. The topological polar surface area (TPSA) is 48.4 Å². The highest BCUT2D eigenvalue weighted by atomic mass is 79.9. The van der Waals surface area contributed by atoms with E-state index in [1.807, 2.05) is 6.07 Å². The average Bonchev–Trinajstić information content (AvgIpc) is 2.51. The summed E-state index contributed by atoms with van der Waals surface area (Å²) >= 11 is 3.28. The van der Waals surface area contributed by atoms with Crippen LogP contribution in [0, 0.1) is 0 Å². The quantitative estimate of drug-likeness (QED) is 0.885. The molecule has 0 aliphatic carbocycles. The Bertz CT molecular complexity index is 305. The molecule has 0 atom stereocenters. The van der Waals surface area contributed by atoms with Crippen molar-refractivity contribution >= 4 is 15.9 Å². The molecule has 0 spiro atoms. The lowest BCUT2D eigenvalue weighted by molar-refractivity contribution is 0.0533. The van der Waals surface area contributed by atoms with Crippen LogP contribution in [0.25, 0.3) is 0 Å². The molecule has 2 heterocycles. The maximum Gasteiger partial charge on any atom is 0.169 e. The summed E-state index contributed by atoms with van der Waals surface area (Å²) in [6, 6.07) is 1.98. The Hall–Kier alpha value is -0.320. The van der Waals surface area contributed by atoms with Crippen LogP contribution in [0.3, 0.4) is 0 Å². The van der Waals surface area contributed by atoms with Gasteiger partial charge in [-0.1, -0.05) is 0 Å². The van der Waals surface area contributed by atoms with Crippen molar-refractivity contribution in [2.24, 2.45) is 5.73 Å². The van der Waals surface area contributed by atoms with Crippen LogP contribution in [0.2, 0.25) is 0 Å². The Kier molecular flexibility index (Phi) is 2.95. The minimum absolute atomic E-state index is 0.110. The molecule has 1 saturated heterocycles. The number of rotatable bonds is 2. The summed E-state index contributed by atoms with van der Waals surface area (Å²) in [4.78, 5) is 0. The molecule has 0 radical (unpaired) electrons. The lowest BCUT2D eigenvalue weighted by Crippen LogP contribution is -2.46. The maximum atomic E-state index is 6.26. The van der Waals surface area contributed by atoms with Crippen LogP contribution in [-0.4, -0.2) is 18.8 Å². The third kappa shape index (κ3) is 2.38. The number of nitrogens with two attached hydrogens (primary N) is 1. The largest absolute Gasteiger partial charge is 0.457 e. The van der Waals surface area contributed by atoms with Crippen molar-refractivity contribution in [2.75, 3.05) is 13.2 Å². The SMILES string of the molecule is NC1(Cc2coc(Br)c2)CCOCC1. The second kappa shape index (κ2) is 4.04. The normalized spacial score (nSPS) is 21.0. The summed E-state index contributed by atoms with van der Waals surface area (Å²) in [6.07, 6.45) is 4.48. The van der Waals surface area contributed by atoms with Gasteiger partial charge < -0.3 is 14.9 Å². The first kappa shape index (κ1) is 10.2. The van der Waals surface area contributed by atoms with Crippen molar-refractivity contribution in [1.29, 1.82) is 0 Å². The molecular formula is C10H14BrNO2. The Morgan fingerprint density at radius 3 is 2.71 bits per heavy atom. The Morgan fingerprint density at radius 2 is 2.14 bits per heavy atom. The molecule has 1 aliphatic heterocycles. The fraction of sp³-hybridized carbons (Fsp3) is 0.600. The van der Waals surface area contributed by atoms with Crippen molar-refractivity contribution in [3.8, 4) is 0 Å². The van der Waals surface area contributed by atoms with Crippen LogP contribution in [0.5, 0.6) is 0 Å². The van der Waals surface area contributed by atoms with Crippen molar-refractivity contribution in [2.45, 2.75) is 24.8 Å². The van der Waals surface area contributed by atoms with Gasteiger partial charge in [-0.3, -0.25) is 0 Å². The summed E-state index contributed by atoms with van der Waals surface area (Å²) in [6.45, 7) is 1.55. The lowest BCUT2D eigenvalue weighted by atomic mass is 9.86. The Balaban J connectivity index is 2.01. The van der Waals surface area contributed by atoms with Crippen molar-refractivity contribution in [1.82, 2.24) is 0 Å². The summed E-state index contributed by atoms with van der Waals surface area (Å²) in [7, 11) is 0. The predicted octanol–water partition coefficient (Wildman–Crippen LogP) is 2.09. The molecule has 1 aromatic rings. The standard InChI is InChI=1S/C10H14BrNO2/c11-9-5-8(7-14-9)6-10(12)1-3-13-4-2-10/h5,7H,1-4,6,12H2. The molecule has 2 N–H and O–H groups in total. The highest BCUT2D eigenvalue weighted by molar-refractivity contribution is 9.10. The molecule has 78 valence electrons. The molecule has 14 heavy (non-hydrogen) atoms. The first-order valence-electron chi connectivity index (χ1n) is 4.78. The van der Waals surface area contributed by atoms with Crippen molar-refractivity contribution < 1.29 is 9.15 Å². The second-order valence-electron chi connectivity index (χ2n) is 3.91. The molecule has 0 amide bonds. The van der Waals surface area contributed by atoms with Gasteiger partial charge in [0.1, 0.15) is 0 Å². The zero-order chi connectivity index (χ0) is 10.0. The molecule has 2 rings (SSSR count). The smallest absolute Gasteiger partial charge is 0.169 e. The van der Waals surface area contributed by atoms with Crippen LogP contribution < -0.4 is 5.73 Å². The van der Waals surface area contributed by atoms with E-state index in [0.29, 0.717) is 0 Å². The minimum atomic E-state index is -0.110. The predicted molar refractivity (Wildman–Crippen MR) is 57.1 cm³/mol. The lowest BCUT2D eigenvalue weighted by Gasteiger charge is -2.32. The fourth-order valence-electron chi connectivity index (χ4n) is 1.80. The number of hydrogen-bond donors (Lipinski definition) is 1. The van der Waals surface area contributed by atoms with E-state index in [1.165, 1.54) is 0 Å². The van der Waals surface area contributed by atoms with Gasteiger partial charge in [0.15, 0.2) is 4.67 Å². The van der Waals surface area contributed by atoms with E-state index in [2.05, 4.69) is 15.9 Å². The van der Waals surface area contributed by atoms with Gasteiger partial charge in [0.2, 0.25) is 0 Å². The number of hydrogen-bond acceptors (Lipinski definition) is 3. The van der Waals surface area contributed by atoms with Crippen LogP contribution >= 0.6 is 15.9 Å². The summed E-state index contributed by atoms with van der Waals surface area (Å²) in [5.74, 6) is 0. The molecule has 0 aromatic carbocycles. The van der Waals surface area contributed by atoms with Crippen LogP contribution in [0.4, 0.5) is 0 Å². The number of halogens is 1. The third-order valence-corrected chi connectivity index (χ3v) is 3.08. The zero-order valence-electron chi connectivity index (χ0n) is 7.96. The average molecular weight is 260 g/mol. The van der Waals surface area contributed by atoms with E-state index in [9.17, 15) is 0 Å². The highest BCUT2D eigenvalue weighted by Gasteiger charge is 2.28. The molecule has 0 bridgehead atoms. The summed E-state index contributed by atoms with van der Waals surface area (Å²) < 4.78 is 11.2. The molecule has 1 aliphatic rings. The molecule has 1 aromatic heterocycles. The molecular weight excluding hydrogens is 246 g/mol. The fourth-order valence-corrected chi connectivity index (χ4v) is 2.19. The van der Waals surface area contributed by atoms with Crippen LogP contribution in [0.1, 0.15) is 18.4 Å². The molecule has 0 saturated carbocycles. The van der Waals surface area contributed by atoms with Gasteiger partial charge in [-0.05, 0) is 46.8 Å². The zero-order valence-corrected chi connectivity index (χ0v) is 9.55. The first-order valence-corrected chi connectivity index (χ1v) is 5.57. The minimum Gasteiger partial charge on any atom is -0.457 e. The van der Waals surface area contributed by atoms with E-state index in [1.54, 1.807) is 6.26 Å². The van der Waals surface area contributed by atoms with Crippen molar-refractivity contribution in [3.63, 3.8) is 0 Å². The number of ether oxygens (including phenoxy) is 1. The van der Waals surface area contributed by atoms with Crippen molar-refractivity contribution in [3.05, 3.63) is 22.6 Å². The summed E-state index contributed by atoms with van der Waals surface area (Å²) in [5, 5.41) is 0. The molecule has 4 heteroatoms. The van der Waals surface area contributed by atoms with Gasteiger partial charge in [-0.2, -0.15) is 0 Å². The van der Waals surface area contributed by atoms with E-state index in [0.717, 1.165) is 42.7 Å². The van der Waals surface area contributed by atoms with E-state index >= 15 is 0 Å². The maximum absolute atomic E-state index is 6.26.